The fourth-order valence-electron chi connectivity index (χ4n) is 1.46. The van der Waals surface area contributed by atoms with Gasteiger partial charge in [-0.1, -0.05) is 0 Å². The Hall–Kier alpha value is -2.03. The van der Waals surface area contributed by atoms with Gasteiger partial charge in [0.15, 0.2) is 0 Å². The summed E-state index contributed by atoms with van der Waals surface area (Å²) in [6.07, 6.45) is 4.48. The van der Waals surface area contributed by atoms with Crippen molar-refractivity contribution >= 4 is 12.4 Å². The molecule has 0 aliphatic carbocycles. The van der Waals surface area contributed by atoms with Crippen molar-refractivity contribution in [2.45, 2.75) is 6.92 Å². The van der Waals surface area contributed by atoms with Crippen molar-refractivity contribution in [3.63, 3.8) is 0 Å². The first-order valence-corrected chi connectivity index (χ1v) is 4.94. The molecule has 0 aromatic heterocycles. The molecule has 3 heteroatoms. The van der Waals surface area contributed by atoms with Crippen LogP contribution in [0.2, 0.25) is 0 Å². The van der Waals surface area contributed by atoms with Gasteiger partial charge in [-0.25, -0.2) is 0 Å². The van der Waals surface area contributed by atoms with Crippen LogP contribution in [0.5, 0.6) is 11.5 Å². The molecule has 0 spiro atoms. The van der Waals surface area contributed by atoms with Crippen LogP contribution in [0.1, 0.15) is 12.5 Å². The van der Waals surface area contributed by atoms with Crippen LogP contribution in [-0.4, -0.2) is 13.4 Å². The van der Waals surface area contributed by atoms with E-state index in [1.54, 1.807) is 20.1 Å². The summed E-state index contributed by atoms with van der Waals surface area (Å²) in [5, 5.41) is 0. The minimum atomic E-state index is 0.581. The van der Waals surface area contributed by atoms with E-state index in [9.17, 15) is 4.79 Å². The standard InChI is InChI=1S/C13H12O3/c1-9(8-14)12-5-3-10-7-11(15-2)4-6-13(10)16-12/h3-8H,1-2H3/b12-9+. The summed E-state index contributed by atoms with van der Waals surface area (Å²) in [6, 6.07) is 5.54. The first-order chi connectivity index (χ1) is 7.74. The van der Waals surface area contributed by atoms with Gasteiger partial charge in [0.05, 0.1) is 7.11 Å². The number of fused-ring (bicyclic) bond motifs is 1. The second-order valence-electron chi connectivity index (χ2n) is 3.50. The molecule has 0 N–H and O–H groups in total. The van der Waals surface area contributed by atoms with Crippen LogP contribution in [0, 0.1) is 0 Å². The molecule has 1 heterocycles. The Bertz CT molecular complexity index is 484. The molecule has 82 valence electrons. The number of ether oxygens (including phenoxy) is 2. The van der Waals surface area contributed by atoms with E-state index in [4.69, 9.17) is 9.47 Å². The van der Waals surface area contributed by atoms with E-state index in [-0.39, 0.29) is 0 Å². The molecule has 1 aromatic rings. The van der Waals surface area contributed by atoms with Gasteiger partial charge in [0.2, 0.25) is 0 Å². The molecule has 0 bridgehead atoms. The van der Waals surface area contributed by atoms with Crippen LogP contribution >= 0.6 is 0 Å². The molecular formula is C13H12O3. The summed E-state index contributed by atoms with van der Waals surface area (Å²) in [7, 11) is 1.62. The van der Waals surface area contributed by atoms with Crippen LogP contribution in [-0.2, 0) is 4.79 Å². The van der Waals surface area contributed by atoms with Gasteiger partial charge in [-0.05, 0) is 37.3 Å². The maximum atomic E-state index is 10.6. The van der Waals surface area contributed by atoms with Crippen LogP contribution in [0.3, 0.4) is 0 Å². The van der Waals surface area contributed by atoms with E-state index in [2.05, 4.69) is 0 Å². The third-order valence-corrected chi connectivity index (χ3v) is 2.42. The second kappa shape index (κ2) is 4.23. The molecule has 2 rings (SSSR count). The summed E-state index contributed by atoms with van der Waals surface area (Å²) in [6.45, 7) is 1.72. The number of rotatable bonds is 2. The van der Waals surface area contributed by atoms with Gasteiger partial charge in [0.1, 0.15) is 23.5 Å². The quantitative estimate of drug-likeness (QED) is 0.563. The third-order valence-electron chi connectivity index (χ3n) is 2.42. The fraction of sp³-hybridized carbons (Fsp3) is 0.154. The second-order valence-corrected chi connectivity index (χ2v) is 3.50. The molecule has 0 fully saturated rings. The van der Waals surface area contributed by atoms with Gasteiger partial charge in [0, 0.05) is 11.1 Å². The third kappa shape index (κ3) is 1.84. The predicted octanol–water partition coefficient (Wildman–Crippen LogP) is 2.57. The lowest BCUT2D eigenvalue weighted by Gasteiger charge is -2.16. The summed E-state index contributed by atoms with van der Waals surface area (Å²) < 4.78 is 10.7. The summed E-state index contributed by atoms with van der Waals surface area (Å²) in [5.74, 6) is 2.11. The lowest BCUT2D eigenvalue weighted by molar-refractivity contribution is -0.105. The minimum Gasteiger partial charge on any atom is -0.497 e. The normalized spacial score (nSPS) is 16.1. The highest BCUT2D eigenvalue weighted by Gasteiger charge is 2.11. The predicted molar refractivity (Wildman–Crippen MR) is 61.4 cm³/mol. The van der Waals surface area contributed by atoms with Crippen LogP contribution in [0.4, 0.5) is 0 Å². The van der Waals surface area contributed by atoms with E-state index in [0.717, 1.165) is 23.3 Å². The molecule has 0 saturated heterocycles. The van der Waals surface area contributed by atoms with Crippen molar-refractivity contribution in [2.75, 3.05) is 7.11 Å². The van der Waals surface area contributed by atoms with E-state index in [0.29, 0.717) is 11.3 Å². The molecule has 0 atom stereocenters. The number of hydrogen-bond donors (Lipinski definition) is 0. The highest BCUT2D eigenvalue weighted by atomic mass is 16.5. The van der Waals surface area contributed by atoms with E-state index in [1.807, 2.05) is 24.3 Å². The Morgan fingerprint density at radius 1 is 1.38 bits per heavy atom. The molecule has 0 saturated carbocycles. The lowest BCUT2D eigenvalue weighted by atomic mass is 10.1. The number of allylic oxidation sites excluding steroid dienone is 2. The van der Waals surface area contributed by atoms with Crippen LogP contribution < -0.4 is 9.47 Å². The number of aldehydes is 1. The van der Waals surface area contributed by atoms with Crippen LogP contribution in [0.25, 0.3) is 6.08 Å². The van der Waals surface area contributed by atoms with Gasteiger partial charge in [0.25, 0.3) is 0 Å². The van der Waals surface area contributed by atoms with Crippen molar-refractivity contribution in [1.29, 1.82) is 0 Å². The average molecular weight is 216 g/mol. The van der Waals surface area contributed by atoms with Crippen LogP contribution in [0.15, 0.2) is 35.6 Å². The molecule has 1 aliphatic heterocycles. The zero-order valence-electron chi connectivity index (χ0n) is 9.19. The first kappa shape index (κ1) is 10.5. The monoisotopic (exact) mass is 216 g/mol. The van der Waals surface area contributed by atoms with Crippen molar-refractivity contribution in [3.05, 3.63) is 41.2 Å². The van der Waals surface area contributed by atoms with E-state index in [1.165, 1.54) is 0 Å². The smallest absolute Gasteiger partial charge is 0.149 e. The molecule has 16 heavy (non-hydrogen) atoms. The lowest BCUT2D eigenvalue weighted by Crippen LogP contribution is -2.02. The Labute approximate surface area is 94.0 Å². The average Bonchev–Trinajstić information content (AvgIpc) is 2.36. The molecule has 0 amide bonds. The maximum absolute atomic E-state index is 10.6. The van der Waals surface area contributed by atoms with Crippen molar-refractivity contribution in [3.8, 4) is 11.5 Å². The zero-order chi connectivity index (χ0) is 11.5. The van der Waals surface area contributed by atoms with Gasteiger partial charge >= 0.3 is 0 Å². The van der Waals surface area contributed by atoms with Gasteiger partial charge in [-0.2, -0.15) is 0 Å². The Balaban J connectivity index is 2.40. The number of carbonyl (C=O) groups excluding carboxylic acids is 1. The Kier molecular flexibility index (Phi) is 2.77. The largest absolute Gasteiger partial charge is 0.497 e. The molecule has 0 unspecified atom stereocenters. The summed E-state index contributed by atoms with van der Waals surface area (Å²) >= 11 is 0. The number of carbonyl (C=O) groups is 1. The topological polar surface area (TPSA) is 35.5 Å². The van der Waals surface area contributed by atoms with Gasteiger partial charge < -0.3 is 9.47 Å². The number of benzene rings is 1. The Morgan fingerprint density at radius 2 is 2.19 bits per heavy atom. The molecule has 3 nitrogen and oxygen atoms in total. The number of methoxy groups -OCH3 is 1. The molecule has 1 aliphatic rings. The maximum Gasteiger partial charge on any atom is 0.149 e. The highest BCUT2D eigenvalue weighted by molar-refractivity contribution is 5.76. The summed E-state index contributed by atoms with van der Waals surface area (Å²) in [5.41, 5.74) is 1.53. The molecule has 1 aromatic carbocycles. The Morgan fingerprint density at radius 3 is 2.88 bits per heavy atom. The first-order valence-electron chi connectivity index (χ1n) is 4.94. The highest BCUT2D eigenvalue weighted by Crippen LogP contribution is 2.31. The SMILES string of the molecule is COc1ccc2c(c1)C=C/C(=C(/C)C=O)O2. The van der Waals surface area contributed by atoms with Crippen molar-refractivity contribution in [1.82, 2.24) is 0 Å². The minimum absolute atomic E-state index is 0.581. The van der Waals surface area contributed by atoms with E-state index < -0.39 is 0 Å². The van der Waals surface area contributed by atoms with Crippen molar-refractivity contribution in [2.24, 2.45) is 0 Å². The number of hydrogen-bond acceptors (Lipinski definition) is 3. The van der Waals surface area contributed by atoms with Gasteiger partial charge in [-0.3, -0.25) is 4.79 Å². The van der Waals surface area contributed by atoms with Gasteiger partial charge in [-0.15, -0.1) is 0 Å². The van der Waals surface area contributed by atoms with Crippen molar-refractivity contribution < 1.29 is 14.3 Å². The fourth-order valence-corrected chi connectivity index (χ4v) is 1.46. The van der Waals surface area contributed by atoms with E-state index >= 15 is 0 Å². The molecule has 0 radical (unpaired) electrons. The zero-order valence-corrected chi connectivity index (χ0v) is 9.19. The molecular weight excluding hydrogens is 204 g/mol. The summed E-state index contributed by atoms with van der Waals surface area (Å²) in [4.78, 5) is 10.6.